The van der Waals surface area contributed by atoms with Crippen LogP contribution in [-0.2, 0) is 0 Å². The highest BCUT2D eigenvalue weighted by molar-refractivity contribution is 5.90. The summed E-state index contributed by atoms with van der Waals surface area (Å²) in [5.41, 5.74) is 1.86. The smallest absolute Gasteiger partial charge is 0.251 e. The average molecular weight is 248 g/mol. The lowest BCUT2D eigenvalue weighted by Gasteiger charge is -2.33. The van der Waals surface area contributed by atoms with Gasteiger partial charge in [0.05, 0.1) is 11.2 Å². The van der Waals surface area contributed by atoms with Gasteiger partial charge in [-0.3, -0.25) is 4.98 Å². The standard InChI is InChI=1S/C14H14F2N2/c15-14(16)6-9-18(10-7-14)12-5-1-3-11-4-2-8-17-13(11)12/h1-5,8H,6-7,9-10H2. The molecule has 0 N–H and O–H groups in total. The lowest BCUT2D eigenvalue weighted by Crippen LogP contribution is -2.39. The second-order valence-corrected chi connectivity index (χ2v) is 4.70. The third-order valence-electron chi connectivity index (χ3n) is 3.45. The lowest BCUT2D eigenvalue weighted by molar-refractivity contribution is -0.0220. The number of alkyl halides is 2. The predicted octanol–water partition coefficient (Wildman–Crippen LogP) is 3.47. The van der Waals surface area contributed by atoms with Gasteiger partial charge in [0.2, 0.25) is 0 Å². The molecule has 2 heterocycles. The first-order valence-electron chi connectivity index (χ1n) is 6.12. The Morgan fingerprint density at radius 1 is 1.06 bits per heavy atom. The number of para-hydroxylation sites is 1. The van der Waals surface area contributed by atoms with Crippen LogP contribution in [-0.4, -0.2) is 24.0 Å². The van der Waals surface area contributed by atoms with Gasteiger partial charge in [0.15, 0.2) is 0 Å². The lowest BCUT2D eigenvalue weighted by atomic mass is 10.1. The van der Waals surface area contributed by atoms with Crippen LogP contribution in [0.2, 0.25) is 0 Å². The number of hydrogen-bond acceptors (Lipinski definition) is 2. The number of benzene rings is 1. The zero-order valence-electron chi connectivity index (χ0n) is 9.94. The van der Waals surface area contributed by atoms with Gasteiger partial charge in [-0.15, -0.1) is 0 Å². The molecular weight excluding hydrogens is 234 g/mol. The summed E-state index contributed by atoms with van der Waals surface area (Å²) in [6.07, 6.45) is 1.59. The topological polar surface area (TPSA) is 16.1 Å². The summed E-state index contributed by atoms with van der Waals surface area (Å²) in [6.45, 7) is 0.783. The van der Waals surface area contributed by atoms with Crippen molar-refractivity contribution in [3.63, 3.8) is 0 Å². The highest BCUT2D eigenvalue weighted by atomic mass is 19.3. The van der Waals surface area contributed by atoms with Gasteiger partial charge < -0.3 is 4.90 Å². The van der Waals surface area contributed by atoms with Crippen LogP contribution in [0, 0.1) is 0 Å². The Hall–Kier alpha value is -1.71. The van der Waals surface area contributed by atoms with Crippen LogP contribution >= 0.6 is 0 Å². The van der Waals surface area contributed by atoms with Gasteiger partial charge in [-0.25, -0.2) is 8.78 Å². The van der Waals surface area contributed by atoms with Crippen LogP contribution in [0.4, 0.5) is 14.5 Å². The number of fused-ring (bicyclic) bond motifs is 1. The SMILES string of the molecule is FC1(F)CCN(c2cccc3cccnc23)CC1. The van der Waals surface area contributed by atoms with Crippen molar-refractivity contribution in [3.8, 4) is 0 Å². The number of pyridine rings is 1. The molecule has 0 aliphatic carbocycles. The molecule has 0 atom stereocenters. The second kappa shape index (κ2) is 4.19. The molecule has 1 fully saturated rings. The fourth-order valence-electron chi connectivity index (χ4n) is 2.42. The summed E-state index contributed by atoms with van der Waals surface area (Å²) in [4.78, 5) is 6.37. The maximum Gasteiger partial charge on any atom is 0.251 e. The zero-order valence-corrected chi connectivity index (χ0v) is 9.94. The summed E-state index contributed by atoms with van der Waals surface area (Å²) in [6, 6.07) is 9.77. The minimum absolute atomic E-state index is 0.0732. The molecule has 0 radical (unpaired) electrons. The van der Waals surface area contributed by atoms with E-state index in [1.165, 1.54) is 0 Å². The Morgan fingerprint density at radius 3 is 2.56 bits per heavy atom. The van der Waals surface area contributed by atoms with Gasteiger partial charge in [-0.05, 0) is 12.1 Å². The van der Waals surface area contributed by atoms with E-state index in [2.05, 4.69) is 4.98 Å². The van der Waals surface area contributed by atoms with E-state index in [9.17, 15) is 8.78 Å². The minimum atomic E-state index is -2.51. The fourth-order valence-corrected chi connectivity index (χ4v) is 2.42. The predicted molar refractivity (Wildman–Crippen MR) is 68.1 cm³/mol. The number of anilines is 1. The Balaban J connectivity index is 1.96. The maximum absolute atomic E-state index is 13.2. The summed E-state index contributed by atoms with van der Waals surface area (Å²) in [5.74, 6) is -2.51. The van der Waals surface area contributed by atoms with Crippen LogP contribution < -0.4 is 4.90 Å². The van der Waals surface area contributed by atoms with E-state index in [1.54, 1.807) is 6.20 Å². The Kier molecular flexibility index (Phi) is 2.65. The molecule has 1 aromatic carbocycles. The fraction of sp³-hybridized carbons (Fsp3) is 0.357. The van der Waals surface area contributed by atoms with Gasteiger partial charge in [0.1, 0.15) is 0 Å². The van der Waals surface area contributed by atoms with Crippen molar-refractivity contribution in [2.75, 3.05) is 18.0 Å². The first-order chi connectivity index (χ1) is 8.66. The van der Waals surface area contributed by atoms with Crippen LogP contribution in [0.3, 0.4) is 0 Å². The number of rotatable bonds is 1. The number of halogens is 2. The average Bonchev–Trinajstić information content (AvgIpc) is 2.38. The third kappa shape index (κ3) is 2.03. The minimum Gasteiger partial charge on any atom is -0.369 e. The Labute approximate surface area is 104 Å². The van der Waals surface area contributed by atoms with Crippen LogP contribution in [0.25, 0.3) is 10.9 Å². The maximum atomic E-state index is 13.2. The van der Waals surface area contributed by atoms with Gasteiger partial charge in [0, 0.05) is 37.5 Å². The van der Waals surface area contributed by atoms with E-state index in [4.69, 9.17) is 0 Å². The third-order valence-corrected chi connectivity index (χ3v) is 3.45. The van der Waals surface area contributed by atoms with E-state index < -0.39 is 5.92 Å². The van der Waals surface area contributed by atoms with E-state index in [1.807, 2.05) is 35.2 Å². The quantitative estimate of drug-likeness (QED) is 0.768. The molecule has 2 nitrogen and oxygen atoms in total. The monoisotopic (exact) mass is 248 g/mol. The first kappa shape index (κ1) is 11.4. The van der Waals surface area contributed by atoms with Gasteiger partial charge >= 0.3 is 0 Å². The number of aromatic nitrogens is 1. The molecule has 1 saturated heterocycles. The molecule has 4 heteroatoms. The van der Waals surface area contributed by atoms with Crippen molar-refractivity contribution in [2.24, 2.45) is 0 Å². The van der Waals surface area contributed by atoms with Crippen molar-refractivity contribution < 1.29 is 8.78 Å². The number of hydrogen-bond donors (Lipinski definition) is 0. The normalized spacial score (nSPS) is 19.1. The number of piperidine rings is 1. The molecular formula is C14H14F2N2. The molecule has 1 aromatic heterocycles. The molecule has 0 saturated carbocycles. The summed E-state index contributed by atoms with van der Waals surface area (Å²) >= 11 is 0. The molecule has 0 spiro atoms. The molecule has 0 amide bonds. The molecule has 1 aliphatic heterocycles. The Morgan fingerprint density at radius 2 is 1.78 bits per heavy atom. The molecule has 94 valence electrons. The largest absolute Gasteiger partial charge is 0.369 e. The van der Waals surface area contributed by atoms with E-state index in [0.29, 0.717) is 13.1 Å². The number of nitrogens with zero attached hydrogens (tertiary/aromatic N) is 2. The van der Waals surface area contributed by atoms with Gasteiger partial charge in [0.25, 0.3) is 5.92 Å². The highest BCUT2D eigenvalue weighted by Gasteiger charge is 2.34. The molecule has 0 unspecified atom stereocenters. The van der Waals surface area contributed by atoms with Crippen molar-refractivity contribution in [1.82, 2.24) is 4.98 Å². The zero-order chi connectivity index (χ0) is 12.6. The van der Waals surface area contributed by atoms with Crippen molar-refractivity contribution >= 4 is 16.6 Å². The summed E-state index contributed by atoms with van der Waals surface area (Å²) in [7, 11) is 0. The van der Waals surface area contributed by atoms with Crippen LogP contribution in [0.5, 0.6) is 0 Å². The van der Waals surface area contributed by atoms with Crippen molar-refractivity contribution in [1.29, 1.82) is 0 Å². The molecule has 3 rings (SSSR count). The van der Waals surface area contributed by atoms with Crippen LogP contribution in [0.15, 0.2) is 36.5 Å². The molecule has 1 aliphatic rings. The molecule has 0 bridgehead atoms. The second-order valence-electron chi connectivity index (χ2n) is 4.70. The van der Waals surface area contributed by atoms with E-state index in [-0.39, 0.29) is 12.8 Å². The van der Waals surface area contributed by atoms with Crippen molar-refractivity contribution in [3.05, 3.63) is 36.5 Å². The van der Waals surface area contributed by atoms with E-state index in [0.717, 1.165) is 16.6 Å². The van der Waals surface area contributed by atoms with Gasteiger partial charge in [-0.1, -0.05) is 18.2 Å². The first-order valence-corrected chi connectivity index (χ1v) is 6.12. The summed E-state index contributed by atoms with van der Waals surface area (Å²) < 4.78 is 26.3. The Bertz CT molecular complexity index is 553. The van der Waals surface area contributed by atoms with Gasteiger partial charge in [-0.2, -0.15) is 0 Å². The summed E-state index contributed by atoms with van der Waals surface area (Å²) in [5, 5.41) is 1.05. The van der Waals surface area contributed by atoms with Crippen molar-refractivity contribution in [2.45, 2.75) is 18.8 Å². The molecule has 18 heavy (non-hydrogen) atoms. The highest BCUT2D eigenvalue weighted by Crippen LogP contribution is 2.32. The van der Waals surface area contributed by atoms with Crippen LogP contribution in [0.1, 0.15) is 12.8 Å². The van der Waals surface area contributed by atoms with E-state index >= 15 is 0 Å². The molecule has 2 aromatic rings.